The fourth-order valence-corrected chi connectivity index (χ4v) is 6.51. The first-order valence-electron chi connectivity index (χ1n) is 16.6. The van der Waals surface area contributed by atoms with Crippen molar-refractivity contribution in [3.63, 3.8) is 0 Å². The summed E-state index contributed by atoms with van der Waals surface area (Å²) >= 11 is 6.56. The van der Waals surface area contributed by atoms with Crippen molar-refractivity contribution in [2.45, 2.75) is 51.6 Å². The van der Waals surface area contributed by atoms with Gasteiger partial charge in [-0.3, -0.25) is 0 Å². The quantitative estimate of drug-likeness (QED) is 0.154. The third-order valence-electron chi connectivity index (χ3n) is 9.03. The van der Waals surface area contributed by atoms with Gasteiger partial charge < -0.3 is 24.7 Å². The van der Waals surface area contributed by atoms with Gasteiger partial charge in [-0.15, -0.1) is 0 Å². The van der Waals surface area contributed by atoms with Crippen LogP contribution >= 0.6 is 11.6 Å². The zero-order valence-electron chi connectivity index (χ0n) is 27.7. The van der Waals surface area contributed by atoms with Crippen molar-refractivity contribution >= 4 is 46.1 Å². The molecule has 16 heteroatoms. The fraction of sp³-hybridized carbons (Fsp3) is 0.429. The number of piperazine rings is 1. The summed E-state index contributed by atoms with van der Waals surface area (Å²) in [5.41, 5.74) is -1.19. The topological polar surface area (TPSA) is 88.9 Å². The molecule has 1 N–H and O–H groups in total. The van der Waals surface area contributed by atoms with Crippen LogP contribution in [0.2, 0.25) is 5.02 Å². The van der Waals surface area contributed by atoms with Gasteiger partial charge in [0.05, 0.1) is 39.7 Å². The van der Waals surface area contributed by atoms with Gasteiger partial charge in [0, 0.05) is 63.3 Å². The van der Waals surface area contributed by atoms with Gasteiger partial charge in [-0.05, 0) is 61.1 Å². The average Bonchev–Trinajstić information content (AvgIpc) is 3.91. The Bertz CT molecular complexity index is 1830. The van der Waals surface area contributed by atoms with E-state index in [-0.39, 0.29) is 43.8 Å². The van der Waals surface area contributed by atoms with E-state index in [1.54, 1.807) is 17.0 Å². The molecule has 1 aliphatic carbocycles. The molecule has 1 aliphatic heterocycles. The van der Waals surface area contributed by atoms with Crippen LogP contribution in [0.3, 0.4) is 0 Å². The van der Waals surface area contributed by atoms with Crippen molar-refractivity contribution in [3.8, 4) is 0 Å². The van der Waals surface area contributed by atoms with Gasteiger partial charge in [0.15, 0.2) is 0 Å². The number of benzene rings is 2. The lowest BCUT2D eigenvalue weighted by Crippen LogP contribution is -2.48. The highest BCUT2D eigenvalue weighted by molar-refractivity contribution is 6.35. The Balaban J connectivity index is 1.42. The molecule has 51 heavy (non-hydrogen) atoms. The molecule has 0 atom stereocenters. The number of pyridine rings is 1. The van der Waals surface area contributed by atoms with Crippen molar-refractivity contribution in [2.24, 2.45) is 5.92 Å². The summed E-state index contributed by atoms with van der Waals surface area (Å²) in [4.78, 5) is 32.3. The van der Waals surface area contributed by atoms with E-state index in [9.17, 15) is 36.2 Å². The molecule has 6 rings (SSSR count). The lowest BCUT2D eigenvalue weighted by molar-refractivity contribution is -0.143. The third kappa shape index (κ3) is 8.68. The van der Waals surface area contributed by atoms with Crippen LogP contribution < -0.4 is 14.7 Å². The van der Waals surface area contributed by atoms with Crippen molar-refractivity contribution in [1.82, 2.24) is 19.9 Å². The zero-order chi connectivity index (χ0) is 36.5. The minimum Gasteiger partial charge on any atom is -0.465 e. The number of aromatic nitrogens is 3. The van der Waals surface area contributed by atoms with Crippen molar-refractivity contribution < 1.29 is 36.2 Å². The summed E-state index contributed by atoms with van der Waals surface area (Å²) in [7, 11) is 0. The molecule has 3 heterocycles. The van der Waals surface area contributed by atoms with Crippen LogP contribution in [0.5, 0.6) is 0 Å². The first-order chi connectivity index (χ1) is 24.2. The van der Waals surface area contributed by atoms with E-state index >= 15 is 0 Å². The molecule has 2 fully saturated rings. The van der Waals surface area contributed by atoms with E-state index in [4.69, 9.17) is 16.6 Å². The highest BCUT2D eigenvalue weighted by Gasteiger charge is 2.37. The molecule has 2 aromatic heterocycles. The molecule has 1 saturated carbocycles. The molecule has 4 aromatic rings. The monoisotopic (exact) mass is 735 g/mol. The highest BCUT2D eigenvalue weighted by Crippen LogP contribution is 2.38. The van der Waals surface area contributed by atoms with Crippen LogP contribution in [0, 0.1) is 5.92 Å². The number of alkyl halides is 6. The molecule has 272 valence electrons. The summed E-state index contributed by atoms with van der Waals surface area (Å²) in [6.45, 7) is 4.42. The van der Waals surface area contributed by atoms with E-state index in [1.807, 2.05) is 24.0 Å². The van der Waals surface area contributed by atoms with E-state index < -0.39 is 29.6 Å². The second-order valence-electron chi connectivity index (χ2n) is 12.9. The van der Waals surface area contributed by atoms with Gasteiger partial charge in [0.1, 0.15) is 5.82 Å². The Hall–Kier alpha value is -4.53. The minimum atomic E-state index is -5.01. The lowest BCUT2D eigenvalue weighted by atomic mass is 10.0. The predicted octanol–water partition coefficient (Wildman–Crippen LogP) is 8.35. The summed E-state index contributed by atoms with van der Waals surface area (Å²) in [6, 6.07) is 8.80. The number of hydrogen-bond acceptors (Lipinski definition) is 7. The highest BCUT2D eigenvalue weighted by atomic mass is 35.5. The van der Waals surface area contributed by atoms with Gasteiger partial charge >= 0.3 is 18.4 Å². The number of hydrogen-bond donors (Lipinski definition) is 1. The SMILES string of the molecule is CCCN(CC1CC1)c1nc2c(Cl)cccc2cc1CN(Cc1cc(C(F)(F)F)cc(C(F)(F)F)c1)c1ncc(N2CCN(C(=O)O)CC2)cn1. The van der Waals surface area contributed by atoms with Crippen LogP contribution in [0.15, 0.2) is 54.9 Å². The number of nitrogens with zero attached hydrogens (tertiary/aromatic N) is 7. The Morgan fingerprint density at radius 3 is 2.14 bits per heavy atom. The largest absolute Gasteiger partial charge is 0.465 e. The molecule has 9 nitrogen and oxygen atoms in total. The number of amides is 1. The molecule has 0 bridgehead atoms. The number of halogens is 7. The third-order valence-corrected chi connectivity index (χ3v) is 9.33. The maximum atomic E-state index is 13.9. The number of fused-ring (bicyclic) bond motifs is 1. The molecular weight excluding hydrogens is 700 g/mol. The van der Waals surface area contributed by atoms with Crippen molar-refractivity contribution in [3.05, 3.63) is 82.1 Å². The van der Waals surface area contributed by atoms with Crippen LogP contribution in [-0.4, -0.2) is 70.3 Å². The number of carbonyl (C=O) groups is 1. The summed E-state index contributed by atoms with van der Waals surface area (Å²) in [5.74, 6) is 1.20. The molecule has 2 aliphatic rings. The van der Waals surface area contributed by atoms with Crippen LogP contribution in [-0.2, 0) is 25.4 Å². The Kier molecular flexibility index (Phi) is 10.4. The zero-order valence-corrected chi connectivity index (χ0v) is 28.4. The molecular formula is C35H36ClF6N7O2. The van der Waals surface area contributed by atoms with Crippen LogP contribution in [0.25, 0.3) is 10.9 Å². The van der Waals surface area contributed by atoms with Gasteiger partial charge in [0.25, 0.3) is 0 Å². The van der Waals surface area contributed by atoms with Crippen LogP contribution in [0.1, 0.15) is 48.4 Å². The Labute approximate surface area is 295 Å². The molecule has 2 aromatic carbocycles. The number of carboxylic acid groups (broad SMARTS) is 1. The minimum absolute atomic E-state index is 0.00387. The number of rotatable bonds is 11. The summed E-state index contributed by atoms with van der Waals surface area (Å²) in [6.07, 6.45) is -5.02. The maximum Gasteiger partial charge on any atom is 0.416 e. The molecule has 1 amide bonds. The summed E-state index contributed by atoms with van der Waals surface area (Å²) < 4.78 is 83.2. The average molecular weight is 736 g/mol. The van der Waals surface area contributed by atoms with Crippen LogP contribution in [0.4, 0.5) is 48.6 Å². The first kappa shape index (κ1) is 36.3. The van der Waals surface area contributed by atoms with E-state index in [0.717, 1.165) is 31.2 Å². The molecule has 0 unspecified atom stereocenters. The smallest absolute Gasteiger partial charge is 0.416 e. The molecule has 0 radical (unpaired) electrons. The summed E-state index contributed by atoms with van der Waals surface area (Å²) in [5, 5.41) is 10.5. The predicted molar refractivity (Wildman–Crippen MR) is 182 cm³/mol. The first-order valence-corrected chi connectivity index (χ1v) is 17.0. The van der Waals surface area contributed by atoms with Gasteiger partial charge in [-0.1, -0.05) is 30.7 Å². The van der Waals surface area contributed by atoms with Crippen molar-refractivity contribution in [2.75, 3.05) is 54.0 Å². The molecule has 0 spiro atoms. The lowest BCUT2D eigenvalue weighted by Gasteiger charge is -2.34. The van der Waals surface area contributed by atoms with Gasteiger partial charge in [-0.25, -0.2) is 19.7 Å². The number of para-hydroxylation sites is 1. The van der Waals surface area contributed by atoms with E-state index in [2.05, 4.69) is 14.9 Å². The van der Waals surface area contributed by atoms with Crippen molar-refractivity contribution in [1.29, 1.82) is 0 Å². The molecule has 1 saturated heterocycles. The maximum absolute atomic E-state index is 13.9. The second kappa shape index (κ2) is 14.6. The second-order valence-corrected chi connectivity index (χ2v) is 13.3. The standard InChI is InChI=1S/C35H36ClF6N7O2/c1-2-8-48(19-22-6-7-22)31-25(15-24-4-3-5-29(36)30(24)45-31)21-49(20-23-13-26(34(37,38)39)16-27(14-23)35(40,41)42)32-43-17-28(18-44-32)46-9-11-47(12-10-46)33(50)51/h3-5,13-18,22H,2,6-12,19-21H2,1H3,(H,50,51). The Morgan fingerprint density at radius 1 is 0.922 bits per heavy atom. The van der Waals surface area contributed by atoms with E-state index in [1.165, 1.54) is 17.3 Å². The normalized spacial score (nSPS) is 15.4. The van der Waals surface area contributed by atoms with E-state index in [0.29, 0.717) is 65.3 Å². The van der Waals surface area contributed by atoms with Gasteiger partial charge in [-0.2, -0.15) is 26.3 Å². The number of anilines is 3. The van der Waals surface area contributed by atoms with Gasteiger partial charge in [0.2, 0.25) is 5.95 Å². The Morgan fingerprint density at radius 2 is 1.57 bits per heavy atom. The fourth-order valence-electron chi connectivity index (χ4n) is 6.28.